The number of nitrogens with zero attached hydrogens (tertiary/aromatic N) is 4. The number of hydrogen-bond donors (Lipinski definition) is 1. The Balaban J connectivity index is 1.36. The zero-order valence-electron chi connectivity index (χ0n) is 19.2. The van der Waals surface area contributed by atoms with Crippen LogP contribution in [0.4, 0.5) is 15.9 Å². The molecule has 6 nitrogen and oxygen atoms in total. The van der Waals surface area contributed by atoms with E-state index in [0.717, 1.165) is 11.4 Å². The number of hydrogen-bond acceptors (Lipinski definition) is 6. The molecule has 3 aromatic rings. The van der Waals surface area contributed by atoms with E-state index in [-0.39, 0.29) is 17.8 Å². The van der Waals surface area contributed by atoms with Crippen LogP contribution in [0.15, 0.2) is 59.8 Å². The minimum atomic E-state index is -0.201. The van der Waals surface area contributed by atoms with Crippen molar-refractivity contribution in [2.45, 2.75) is 30.8 Å². The summed E-state index contributed by atoms with van der Waals surface area (Å²) >= 11 is 7.79. The van der Waals surface area contributed by atoms with Gasteiger partial charge in [-0.25, -0.2) is 14.4 Å². The molecule has 1 amide bonds. The Kier molecular flexibility index (Phi) is 7.90. The molecule has 34 heavy (non-hydrogen) atoms. The van der Waals surface area contributed by atoms with Crippen LogP contribution in [0.1, 0.15) is 29.8 Å². The molecule has 9 heteroatoms. The maximum absolute atomic E-state index is 14.1. The first-order chi connectivity index (χ1) is 16.4. The maximum atomic E-state index is 14.1. The van der Waals surface area contributed by atoms with E-state index >= 15 is 0 Å². The van der Waals surface area contributed by atoms with Crippen LogP contribution in [0.3, 0.4) is 0 Å². The summed E-state index contributed by atoms with van der Waals surface area (Å²) in [6.45, 7) is 6.69. The Bertz CT molecular complexity index is 1140. The van der Waals surface area contributed by atoms with Gasteiger partial charge in [0.05, 0.1) is 5.69 Å². The van der Waals surface area contributed by atoms with Crippen LogP contribution in [0.25, 0.3) is 0 Å². The van der Waals surface area contributed by atoms with E-state index in [1.165, 1.54) is 17.8 Å². The fourth-order valence-electron chi connectivity index (χ4n) is 3.74. The second-order valence-corrected chi connectivity index (χ2v) is 9.70. The maximum Gasteiger partial charge on any atom is 0.251 e. The molecule has 2 heterocycles. The van der Waals surface area contributed by atoms with Crippen LogP contribution >= 0.6 is 23.4 Å². The average Bonchev–Trinajstić information content (AvgIpc) is 2.83. The molecule has 178 valence electrons. The van der Waals surface area contributed by atoms with Crippen LogP contribution in [-0.2, 0) is 5.75 Å². The second kappa shape index (κ2) is 11.1. The van der Waals surface area contributed by atoms with Crippen LogP contribution in [0, 0.1) is 5.82 Å². The third kappa shape index (κ3) is 6.18. The van der Waals surface area contributed by atoms with Gasteiger partial charge in [0, 0.05) is 49.6 Å². The third-order valence-electron chi connectivity index (χ3n) is 5.46. The number of aromatic nitrogens is 2. The Labute approximate surface area is 208 Å². The highest BCUT2D eigenvalue weighted by atomic mass is 35.5. The summed E-state index contributed by atoms with van der Waals surface area (Å²) in [6, 6.07) is 16.3. The number of halogens is 2. The van der Waals surface area contributed by atoms with Gasteiger partial charge < -0.3 is 15.1 Å². The number of thioether (sulfide) groups is 1. The van der Waals surface area contributed by atoms with Gasteiger partial charge >= 0.3 is 0 Å². The molecule has 1 N–H and O–H groups in total. The van der Waals surface area contributed by atoms with Gasteiger partial charge in [0.15, 0.2) is 5.16 Å². The first-order valence-electron chi connectivity index (χ1n) is 11.2. The van der Waals surface area contributed by atoms with Gasteiger partial charge in [0.2, 0.25) is 0 Å². The highest BCUT2D eigenvalue weighted by Crippen LogP contribution is 2.27. The van der Waals surface area contributed by atoms with Gasteiger partial charge in [-0.05, 0) is 43.7 Å². The molecule has 0 saturated carbocycles. The van der Waals surface area contributed by atoms with Gasteiger partial charge in [-0.15, -0.1) is 0 Å². The van der Waals surface area contributed by atoms with Crippen molar-refractivity contribution in [1.82, 2.24) is 15.3 Å². The predicted octanol–water partition coefficient (Wildman–Crippen LogP) is 5.03. The zero-order valence-corrected chi connectivity index (χ0v) is 20.7. The molecule has 2 aromatic carbocycles. The van der Waals surface area contributed by atoms with E-state index in [0.29, 0.717) is 53.5 Å². The summed E-state index contributed by atoms with van der Waals surface area (Å²) in [5.74, 6) is 1.16. The summed E-state index contributed by atoms with van der Waals surface area (Å²) in [4.78, 5) is 25.4. The van der Waals surface area contributed by atoms with E-state index < -0.39 is 0 Å². The number of anilines is 2. The summed E-state index contributed by atoms with van der Waals surface area (Å²) in [5.41, 5.74) is 2.33. The third-order valence-corrected chi connectivity index (χ3v) is 6.57. The highest BCUT2D eigenvalue weighted by molar-refractivity contribution is 7.98. The molecular formula is C25H27ClFN5OS. The van der Waals surface area contributed by atoms with Gasteiger partial charge in [-0.1, -0.05) is 47.6 Å². The normalized spacial score (nSPS) is 13.9. The summed E-state index contributed by atoms with van der Waals surface area (Å²) in [6.07, 6.45) is 0. The summed E-state index contributed by atoms with van der Waals surface area (Å²) in [5, 5.41) is 3.88. The van der Waals surface area contributed by atoms with Crippen LogP contribution < -0.4 is 15.1 Å². The quantitative estimate of drug-likeness (QED) is 0.279. The molecule has 1 aromatic heterocycles. The molecular weight excluding hydrogens is 473 g/mol. The fourth-order valence-corrected chi connectivity index (χ4v) is 4.78. The number of rotatable bonds is 7. The van der Waals surface area contributed by atoms with Crippen molar-refractivity contribution in [3.63, 3.8) is 0 Å². The molecule has 1 saturated heterocycles. The minimum Gasteiger partial charge on any atom is -0.366 e. The lowest BCUT2D eigenvalue weighted by Crippen LogP contribution is -2.47. The Morgan fingerprint density at radius 3 is 2.41 bits per heavy atom. The summed E-state index contributed by atoms with van der Waals surface area (Å²) < 4.78 is 14.1. The van der Waals surface area contributed by atoms with Crippen LogP contribution in [-0.4, -0.2) is 48.1 Å². The standard InChI is InChI=1S/C25H27ClFN5OS/c1-17(2)28-24(33)19-9-7-18(8-10-19)16-34-25-29-22(26)15-23(30-25)32-13-11-31(12-14-32)21-6-4-3-5-20(21)27/h3-10,15,17H,11-14,16H2,1-2H3,(H,28,33). The van der Waals surface area contributed by atoms with Crippen molar-refractivity contribution in [2.24, 2.45) is 0 Å². The van der Waals surface area contributed by atoms with Crippen LogP contribution in [0.5, 0.6) is 0 Å². The molecule has 0 unspecified atom stereocenters. The van der Waals surface area contributed by atoms with E-state index in [2.05, 4.69) is 20.1 Å². The molecule has 4 rings (SSSR count). The molecule has 0 bridgehead atoms. The molecule has 1 aliphatic heterocycles. The number of piperazine rings is 1. The zero-order chi connectivity index (χ0) is 24.1. The van der Waals surface area contributed by atoms with Crippen molar-refractivity contribution in [3.05, 3.63) is 76.7 Å². The molecule has 1 fully saturated rings. The largest absolute Gasteiger partial charge is 0.366 e. The Morgan fingerprint density at radius 1 is 1.06 bits per heavy atom. The number of nitrogens with one attached hydrogen (secondary N) is 1. The molecule has 0 atom stereocenters. The highest BCUT2D eigenvalue weighted by Gasteiger charge is 2.21. The lowest BCUT2D eigenvalue weighted by atomic mass is 10.1. The van der Waals surface area contributed by atoms with Crippen molar-refractivity contribution < 1.29 is 9.18 Å². The molecule has 0 spiro atoms. The van der Waals surface area contributed by atoms with E-state index in [9.17, 15) is 9.18 Å². The molecule has 0 radical (unpaired) electrons. The number of amides is 1. The second-order valence-electron chi connectivity index (χ2n) is 8.37. The minimum absolute atomic E-state index is 0.0767. The van der Waals surface area contributed by atoms with Crippen LogP contribution in [0.2, 0.25) is 5.15 Å². The Morgan fingerprint density at radius 2 is 1.74 bits per heavy atom. The summed E-state index contributed by atoms with van der Waals surface area (Å²) in [7, 11) is 0. The average molecular weight is 500 g/mol. The van der Waals surface area contributed by atoms with Gasteiger partial charge in [0.25, 0.3) is 5.91 Å². The lowest BCUT2D eigenvalue weighted by Gasteiger charge is -2.36. The van der Waals surface area contributed by atoms with Gasteiger partial charge in [-0.2, -0.15) is 0 Å². The smallest absolute Gasteiger partial charge is 0.251 e. The monoisotopic (exact) mass is 499 g/mol. The first kappa shape index (κ1) is 24.3. The fraction of sp³-hybridized carbons (Fsp3) is 0.320. The van der Waals surface area contributed by atoms with Gasteiger partial charge in [-0.3, -0.25) is 4.79 Å². The number of benzene rings is 2. The predicted molar refractivity (Wildman–Crippen MR) is 136 cm³/mol. The molecule has 1 aliphatic rings. The Hall–Kier alpha value is -2.84. The van der Waals surface area contributed by atoms with Gasteiger partial charge in [0.1, 0.15) is 16.8 Å². The van der Waals surface area contributed by atoms with Crippen molar-refractivity contribution in [2.75, 3.05) is 36.0 Å². The number of para-hydroxylation sites is 1. The number of carbonyl (C=O) groups is 1. The van der Waals surface area contributed by atoms with E-state index in [4.69, 9.17) is 16.6 Å². The van der Waals surface area contributed by atoms with Crippen molar-refractivity contribution in [3.8, 4) is 0 Å². The lowest BCUT2D eigenvalue weighted by molar-refractivity contribution is 0.0943. The first-order valence-corrected chi connectivity index (χ1v) is 12.6. The molecule has 0 aliphatic carbocycles. The van der Waals surface area contributed by atoms with E-state index in [1.54, 1.807) is 12.1 Å². The van der Waals surface area contributed by atoms with Crippen molar-refractivity contribution >= 4 is 40.8 Å². The SMILES string of the molecule is CC(C)NC(=O)c1ccc(CSc2nc(Cl)cc(N3CCN(c4ccccc4F)CC3)n2)cc1. The van der Waals surface area contributed by atoms with Crippen molar-refractivity contribution in [1.29, 1.82) is 0 Å². The van der Waals surface area contributed by atoms with E-state index in [1.807, 2.05) is 50.2 Å². The number of carbonyl (C=O) groups excluding carboxylic acids is 1. The topological polar surface area (TPSA) is 61.4 Å².